The molecule has 2 aromatic carbocycles. The van der Waals surface area contributed by atoms with Crippen LogP contribution in [0.25, 0.3) is 5.57 Å². The molecule has 0 aliphatic heterocycles. The van der Waals surface area contributed by atoms with Crippen molar-refractivity contribution < 1.29 is 0 Å². The van der Waals surface area contributed by atoms with Gasteiger partial charge in [0.1, 0.15) is 5.84 Å². The molecular formula is C29H34N2. The number of aliphatic imine (C=N–C) groups is 1. The first-order valence-electron chi connectivity index (χ1n) is 12.1. The van der Waals surface area contributed by atoms with Gasteiger partial charge >= 0.3 is 0 Å². The zero-order valence-electron chi connectivity index (χ0n) is 18.5. The highest BCUT2D eigenvalue weighted by Crippen LogP contribution is 2.24. The van der Waals surface area contributed by atoms with Crippen LogP contribution in [0.3, 0.4) is 0 Å². The number of allylic oxidation sites excluding steroid dienone is 1. The van der Waals surface area contributed by atoms with E-state index in [1.165, 1.54) is 69.8 Å². The Bertz CT molecular complexity index is 919. The zero-order valence-corrected chi connectivity index (χ0v) is 18.5. The molecular weight excluding hydrogens is 376 g/mol. The van der Waals surface area contributed by atoms with Gasteiger partial charge in [-0.25, -0.2) is 0 Å². The third-order valence-electron chi connectivity index (χ3n) is 6.38. The van der Waals surface area contributed by atoms with Crippen molar-refractivity contribution in [3.05, 3.63) is 77.9 Å². The number of hydrogen-bond acceptors (Lipinski definition) is 1. The molecule has 31 heavy (non-hydrogen) atoms. The largest absolute Gasteiger partial charge is 0.367 e. The van der Waals surface area contributed by atoms with Crippen molar-refractivity contribution in [3.8, 4) is 11.8 Å². The summed E-state index contributed by atoms with van der Waals surface area (Å²) >= 11 is 0. The second-order valence-electron chi connectivity index (χ2n) is 8.81. The zero-order chi connectivity index (χ0) is 21.1. The molecule has 2 nitrogen and oxygen atoms in total. The Morgan fingerprint density at radius 3 is 2.06 bits per heavy atom. The molecule has 0 spiro atoms. The van der Waals surface area contributed by atoms with Gasteiger partial charge in [0, 0.05) is 23.3 Å². The summed E-state index contributed by atoms with van der Waals surface area (Å²) in [7, 11) is 0. The van der Waals surface area contributed by atoms with Crippen LogP contribution in [0.4, 0.5) is 0 Å². The predicted octanol–water partition coefficient (Wildman–Crippen LogP) is 6.78. The van der Waals surface area contributed by atoms with Crippen LogP contribution in [-0.4, -0.2) is 17.9 Å². The molecule has 0 radical (unpaired) electrons. The summed E-state index contributed by atoms with van der Waals surface area (Å²) in [6.07, 6.45) is 14.9. The molecule has 4 rings (SSSR count). The molecule has 2 aliphatic carbocycles. The van der Waals surface area contributed by atoms with Crippen LogP contribution in [0.5, 0.6) is 0 Å². The monoisotopic (exact) mass is 410 g/mol. The number of rotatable bonds is 4. The van der Waals surface area contributed by atoms with E-state index in [4.69, 9.17) is 4.99 Å². The van der Waals surface area contributed by atoms with E-state index in [0.29, 0.717) is 12.1 Å². The van der Waals surface area contributed by atoms with Crippen LogP contribution < -0.4 is 5.32 Å². The standard InChI is InChI=1S/C29H34N2/c1-5-14-24(15-6-1)16-13-23-28(25-17-7-2-8-18-25)29(30-26-19-9-3-10-20-26)31-27-21-11-4-12-22-27/h1-2,5-8,14-15,17-18,23,26-27H,3-4,9-12,19-22H2,(H,30,31)/b28-23+. The van der Waals surface area contributed by atoms with E-state index in [9.17, 15) is 0 Å². The molecule has 2 fully saturated rings. The lowest BCUT2D eigenvalue weighted by Crippen LogP contribution is -2.37. The molecule has 0 saturated heterocycles. The van der Waals surface area contributed by atoms with Gasteiger partial charge in [0.2, 0.25) is 0 Å². The van der Waals surface area contributed by atoms with Crippen LogP contribution >= 0.6 is 0 Å². The third kappa shape index (κ3) is 6.59. The van der Waals surface area contributed by atoms with Gasteiger partial charge < -0.3 is 5.32 Å². The number of hydrogen-bond donors (Lipinski definition) is 1. The Morgan fingerprint density at radius 1 is 0.774 bits per heavy atom. The van der Waals surface area contributed by atoms with Crippen LogP contribution in [0, 0.1) is 11.8 Å². The molecule has 2 saturated carbocycles. The number of nitrogens with zero attached hydrogens (tertiary/aromatic N) is 1. The summed E-state index contributed by atoms with van der Waals surface area (Å²) in [5, 5.41) is 3.86. The van der Waals surface area contributed by atoms with Crippen molar-refractivity contribution >= 4 is 11.4 Å². The summed E-state index contributed by atoms with van der Waals surface area (Å²) in [6, 6.07) is 21.8. The van der Waals surface area contributed by atoms with Crippen molar-refractivity contribution in [2.24, 2.45) is 4.99 Å². The highest BCUT2D eigenvalue weighted by atomic mass is 15.0. The third-order valence-corrected chi connectivity index (χ3v) is 6.38. The smallest absolute Gasteiger partial charge is 0.130 e. The summed E-state index contributed by atoms with van der Waals surface area (Å²) < 4.78 is 0. The van der Waals surface area contributed by atoms with Gasteiger partial charge in [0.15, 0.2) is 0 Å². The first kappa shape index (κ1) is 21.4. The molecule has 1 N–H and O–H groups in total. The van der Waals surface area contributed by atoms with Gasteiger partial charge in [-0.3, -0.25) is 4.99 Å². The number of nitrogens with one attached hydrogen (secondary N) is 1. The van der Waals surface area contributed by atoms with Crippen molar-refractivity contribution in [1.29, 1.82) is 0 Å². The lowest BCUT2D eigenvalue weighted by molar-refractivity contribution is 0.409. The van der Waals surface area contributed by atoms with Gasteiger partial charge in [-0.1, -0.05) is 98.9 Å². The molecule has 0 atom stereocenters. The van der Waals surface area contributed by atoms with E-state index in [1.807, 2.05) is 18.2 Å². The minimum absolute atomic E-state index is 0.425. The fraction of sp³-hybridized carbons (Fsp3) is 0.414. The summed E-state index contributed by atoms with van der Waals surface area (Å²) in [4.78, 5) is 5.30. The van der Waals surface area contributed by atoms with E-state index < -0.39 is 0 Å². The quantitative estimate of drug-likeness (QED) is 0.335. The highest BCUT2D eigenvalue weighted by Gasteiger charge is 2.20. The topological polar surface area (TPSA) is 24.4 Å². The van der Waals surface area contributed by atoms with Gasteiger partial charge in [0.25, 0.3) is 0 Å². The lowest BCUT2D eigenvalue weighted by atomic mass is 9.93. The SMILES string of the molecule is C(#Cc1ccccc1)/C=C(/C(=NC1CCCCC1)NC1CCCCC1)c1ccccc1. The number of amidine groups is 1. The van der Waals surface area contributed by atoms with E-state index in [1.54, 1.807) is 0 Å². The van der Waals surface area contributed by atoms with Crippen molar-refractivity contribution in [2.75, 3.05) is 0 Å². The van der Waals surface area contributed by atoms with Crippen LogP contribution in [-0.2, 0) is 0 Å². The Kier molecular flexibility index (Phi) is 8.00. The number of benzene rings is 2. The van der Waals surface area contributed by atoms with Gasteiger partial charge in [-0.15, -0.1) is 0 Å². The molecule has 0 unspecified atom stereocenters. The summed E-state index contributed by atoms with van der Waals surface area (Å²) in [5.74, 6) is 7.67. The van der Waals surface area contributed by atoms with E-state index in [0.717, 1.165) is 17.0 Å². The maximum atomic E-state index is 5.30. The second-order valence-corrected chi connectivity index (χ2v) is 8.81. The summed E-state index contributed by atoms with van der Waals surface area (Å²) in [5.41, 5.74) is 3.35. The minimum Gasteiger partial charge on any atom is -0.367 e. The van der Waals surface area contributed by atoms with Gasteiger partial charge in [-0.2, -0.15) is 0 Å². The molecule has 0 amide bonds. The van der Waals surface area contributed by atoms with Crippen LogP contribution in [0.2, 0.25) is 0 Å². The summed E-state index contributed by atoms with van der Waals surface area (Å²) in [6.45, 7) is 0. The first-order chi connectivity index (χ1) is 15.4. The molecule has 2 aliphatic rings. The maximum Gasteiger partial charge on any atom is 0.130 e. The van der Waals surface area contributed by atoms with Crippen LogP contribution in [0.1, 0.15) is 75.3 Å². The first-order valence-corrected chi connectivity index (χ1v) is 12.1. The Labute approximate surface area is 187 Å². The van der Waals surface area contributed by atoms with Gasteiger partial charge in [0.05, 0.1) is 6.04 Å². The maximum absolute atomic E-state index is 5.30. The lowest BCUT2D eigenvalue weighted by Gasteiger charge is -2.27. The van der Waals surface area contributed by atoms with Gasteiger partial charge in [-0.05, 0) is 43.4 Å². The van der Waals surface area contributed by atoms with Crippen molar-refractivity contribution in [2.45, 2.75) is 76.3 Å². The Morgan fingerprint density at radius 2 is 1.39 bits per heavy atom. The Hall–Kier alpha value is -2.79. The van der Waals surface area contributed by atoms with E-state index in [-0.39, 0.29) is 0 Å². The fourth-order valence-electron chi connectivity index (χ4n) is 4.64. The Balaban J connectivity index is 1.68. The normalized spacial score (nSPS) is 18.8. The fourth-order valence-corrected chi connectivity index (χ4v) is 4.64. The van der Waals surface area contributed by atoms with Crippen molar-refractivity contribution in [3.63, 3.8) is 0 Å². The highest BCUT2D eigenvalue weighted by molar-refractivity contribution is 6.23. The molecule has 0 heterocycles. The molecule has 2 heteroatoms. The van der Waals surface area contributed by atoms with E-state index in [2.05, 4.69) is 65.7 Å². The average molecular weight is 411 g/mol. The average Bonchev–Trinajstić information content (AvgIpc) is 2.84. The minimum atomic E-state index is 0.425. The second kappa shape index (κ2) is 11.6. The van der Waals surface area contributed by atoms with Crippen molar-refractivity contribution in [1.82, 2.24) is 5.32 Å². The van der Waals surface area contributed by atoms with E-state index >= 15 is 0 Å². The molecule has 2 aromatic rings. The molecule has 0 bridgehead atoms. The molecule has 0 aromatic heterocycles. The van der Waals surface area contributed by atoms with Crippen LogP contribution in [0.15, 0.2) is 71.7 Å². The molecule has 160 valence electrons. The predicted molar refractivity (Wildman–Crippen MR) is 132 cm³/mol.